The molecule has 2 heterocycles. The lowest BCUT2D eigenvalue weighted by atomic mass is 10.0. The quantitative estimate of drug-likeness (QED) is 0.626. The van der Waals surface area contributed by atoms with Crippen molar-refractivity contribution in [2.45, 2.75) is 45.2 Å². The third kappa shape index (κ3) is 6.05. The molecule has 0 spiro atoms. The van der Waals surface area contributed by atoms with Gasteiger partial charge in [-0.2, -0.15) is 4.72 Å². The summed E-state index contributed by atoms with van der Waals surface area (Å²) >= 11 is 0. The number of hydrogen-bond donors (Lipinski definition) is 2. The van der Waals surface area contributed by atoms with Crippen LogP contribution in [0.1, 0.15) is 30.5 Å². The summed E-state index contributed by atoms with van der Waals surface area (Å²) in [6.45, 7) is 10.7. The molecule has 1 saturated heterocycles. The average molecular weight is 461 g/mol. The highest BCUT2D eigenvalue weighted by Crippen LogP contribution is 2.17. The van der Waals surface area contributed by atoms with Gasteiger partial charge in [0.25, 0.3) is 0 Å². The number of anilines is 1. The summed E-state index contributed by atoms with van der Waals surface area (Å²) in [4.78, 5) is 19.6. The van der Waals surface area contributed by atoms with Crippen molar-refractivity contribution in [2.75, 3.05) is 31.2 Å². The van der Waals surface area contributed by atoms with E-state index >= 15 is 0 Å². The van der Waals surface area contributed by atoms with Crippen LogP contribution in [0.2, 0.25) is 0 Å². The van der Waals surface area contributed by atoms with Gasteiger partial charge in [0.1, 0.15) is 11.9 Å². The van der Waals surface area contributed by atoms with Crippen LogP contribution in [0.4, 0.5) is 5.82 Å². The number of aryl methyl sites for hydroxylation is 2. The van der Waals surface area contributed by atoms with Gasteiger partial charge in [-0.1, -0.05) is 26.0 Å². The predicted octanol–water partition coefficient (Wildman–Crippen LogP) is 2.15. The van der Waals surface area contributed by atoms with Crippen molar-refractivity contribution in [1.82, 2.24) is 15.0 Å². The predicted molar refractivity (Wildman–Crippen MR) is 124 cm³/mol. The number of benzene rings is 1. The molecule has 0 saturated carbocycles. The zero-order chi connectivity index (χ0) is 23.3. The van der Waals surface area contributed by atoms with E-state index in [0.717, 1.165) is 35.6 Å². The Balaban J connectivity index is 1.63. The minimum absolute atomic E-state index is 0.155. The first kappa shape index (κ1) is 24.2. The number of sulfonamides is 1. The molecule has 1 aromatic carbocycles. The molecule has 0 radical (unpaired) electrons. The number of ether oxygens (including phenoxy) is 1. The van der Waals surface area contributed by atoms with Crippen molar-refractivity contribution in [3.8, 4) is 0 Å². The van der Waals surface area contributed by atoms with Crippen molar-refractivity contribution in [1.29, 1.82) is 0 Å². The van der Waals surface area contributed by atoms with E-state index in [2.05, 4.69) is 19.9 Å². The number of nitrogens with one attached hydrogen (secondary N) is 2. The molecule has 0 unspecified atom stereocenters. The highest BCUT2D eigenvalue weighted by Gasteiger charge is 2.28. The van der Waals surface area contributed by atoms with E-state index < -0.39 is 16.1 Å². The number of aromatic nitrogens is 1. The molecule has 0 bridgehead atoms. The van der Waals surface area contributed by atoms with Gasteiger partial charge in [0.05, 0.1) is 18.1 Å². The number of rotatable bonds is 8. The van der Waals surface area contributed by atoms with E-state index in [4.69, 9.17) is 4.74 Å². The van der Waals surface area contributed by atoms with Crippen LogP contribution in [0.5, 0.6) is 0 Å². The molecule has 3 rings (SSSR count). The second-order valence-electron chi connectivity index (χ2n) is 8.43. The lowest BCUT2D eigenvalue weighted by Crippen LogP contribution is -2.49. The Kier molecular flexibility index (Phi) is 7.86. The van der Waals surface area contributed by atoms with Crippen LogP contribution in [0.15, 0.2) is 41.4 Å². The van der Waals surface area contributed by atoms with Gasteiger partial charge in [0.15, 0.2) is 0 Å². The van der Waals surface area contributed by atoms with E-state index in [0.29, 0.717) is 13.2 Å². The minimum Gasteiger partial charge on any atom is -0.378 e. The van der Waals surface area contributed by atoms with E-state index in [1.165, 1.54) is 0 Å². The summed E-state index contributed by atoms with van der Waals surface area (Å²) < 4.78 is 33.7. The summed E-state index contributed by atoms with van der Waals surface area (Å²) in [6, 6.07) is 7.90. The van der Waals surface area contributed by atoms with Gasteiger partial charge in [0, 0.05) is 25.8 Å². The smallest absolute Gasteiger partial charge is 0.241 e. The number of morpholine rings is 1. The SMILES string of the molecule is Cc1ccc(S(=O)(=O)N[C@H](C(=O)NCc2ccc(N3CCOCC3)nc2)C(C)C)cc1C. The fourth-order valence-corrected chi connectivity index (χ4v) is 4.84. The lowest BCUT2D eigenvalue weighted by Gasteiger charge is -2.27. The molecule has 2 aromatic rings. The van der Waals surface area contributed by atoms with Crippen LogP contribution in [0.25, 0.3) is 0 Å². The first-order valence-corrected chi connectivity index (χ1v) is 12.3. The van der Waals surface area contributed by atoms with Gasteiger partial charge in [-0.25, -0.2) is 13.4 Å². The Morgan fingerprint density at radius 3 is 2.44 bits per heavy atom. The van der Waals surface area contributed by atoms with Crippen LogP contribution >= 0.6 is 0 Å². The molecule has 1 aliphatic rings. The summed E-state index contributed by atoms with van der Waals surface area (Å²) in [7, 11) is -3.83. The molecule has 1 aromatic heterocycles. The molecule has 8 nitrogen and oxygen atoms in total. The Morgan fingerprint density at radius 1 is 1.12 bits per heavy atom. The van der Waals surface area contributed by atoms with E-state index in [1.807, 2.05) is 39.8 Å². The van der Waals surface area contributed by atoms with Crippen LogP contribution in [0.3, 0.4) is 0 Å². The second kappa shape index (κ2) is 10.4. The average Bonchev–Trinajstić information content (AvgIpc) is 2.78. The number of carbonyl (C=O) groups is 1. The largest absolute Gasteiger partial charge is 0.378 e. The third-order valence-electron chi connectivity index (χ3n) is 5.63. The van der Waals surface area contributed by atoms with Crippen molar-refractivity contribution in [3.05, 3.63) is 53.2 Å². The first-order valence-electron chi connectivity index (χ1n) is 10.8. The molecule has 1 fully saturated rings. The number of carbonyl (C=O) groups excluding carboxylic acids is 1. The highest BCUT2D eigenvalue weighted by molar-refractivity contribution is 7.89. The molecule has 32 heavy (non-hydrogen) atoms. The maximum Gasteiger partial charge on any atom is 0.241 e. The number of nitrogens with zero attached hydrogens (tertiary/aromatic N) is 2. The van der Waals surface area contributed by atoms with Gasteiger partial charge in [-0.05, 0) is 54.7 Å². The highest BCUT2D eigenvalue weighted by atomic mass is 32.2. The normalized spacial score (nSPS) is 15.6. The number of hydrogen-bond acceptors (Lipinski definition) is 6. The summed E-state index contributed by atoms with van der Waals surface area (Å²) in [5.41, 5.74) is 2.73. The summed E-state index contributed by atoms with van der Waals surface area (Å²) in [5.74, 6) is 0.285. The third-order valence-corrected chi connectivity index (χ3v) is 7.07. The fraction of sp³-hybridized carbons (Fsp3) is 0.478. The van der Waals surface area contributed by atoms with Crippen molar-refractivity contribution in [2.24, 2.45) is 5.92 Å². The van der Waals surface area contributed by atoms with Crippen molar-refractivity contribution < 1.29 is 17.9 Å². The zero-order valence-electron chi connectivity index (χ0n) is 19.1. The van der Waals surface area contributed by atoms with Gasteiger partial charge in [-0.3, -0.25) is 4.79 Å². The molecule has 2 N–H and O–H groups in total. The molecule has 174 valence electrons. The van der Waals surface area contributed by atoms with Crippen molar-refractivity contribution in [3.63, 3.8) is 0 Å². The van der Waals surface area contributed by atoms with Gasteiger partial charge in [-0.15, -0.1) is 0 Å². The monoisotopic (exact) mass is 460 g/mol. The van der Waals surface area contributed by atoms with Crippen molar-refractivity contribution >= 4 is 21.7 Å². The molecular formula is C23H32N4O4S. The number of pyridine rings is 1. The van der Waals surface area contributed by atoms with E-state index in [1.54, 1.807) is 24.4 Å². The fourth-order valence-electron chi connectivity index (χ4n) is 3.41. The Bertz CT molecular complexity index is 1030. The van der Waals surface area contributed by atoms with Crippen LogP contribution in [0, 0.1) is 19.8 Å². The molecule has 1 atom stereocenters. The Labute approximate surface area is 190 Å². The zero-order valence-corrected chi connectivity index (χ0v) is 19.9. The van der Waals surface area contributed by atoms with Crippen LogP contribution in [-0.2, 0) is 26.1 Å². The standard InChI is InChI=1S/C23H32N4O4S/c1-16(2)22(26-32(29,30)20-7-5-17(3)18(4)13-20)23(28)25-15-19-6-8-21(24-14-19)27-9-11-31-12-10-27/h5-8,13-14,16,22,26H,9-12,15H2,1-4H3,(H,25,28)/t22-/m0/s1. The second-order valence-corrected chi connectivity index (χ2v) is 10.1. The van der Waals surface area contributed by atoms with E-state index in [9.17, 15) is 13.2 Å². The van der Waals surface area contributed by atoms with E-state index in [-0.39, 0.29) is 23.3 Å². The van der Waals surface area contributed by atoms with Crippen LogP contribution in [-0.4, -0.2) is 51.7 Å². The maximum absolute atomic E-state index is 12.9. The lowest BCUT2D eigenvalue weighted by molar-refractivity contribution is -0.123. The molecule has 1 aliphatic heterocycles. The molecule has 1 amide bonds. The maximum atomic E-state index is 12.9. The molecule has 0 aliphatic carbocycles. The van der Waals surface area contributed by atoms with Gasteiger partial charge in [0.2, 0.25) is 15.9 Å². The summed E-state index contributed by atoms with van der Waals surface area (Å²) in [5, 5.41) is 2.83. The van der Waals surface area contributed by atoms with Crippen LogP contribution < -0.4 is 14.9 Å². The molecular weight excluding hydrogens is 428 g/mol. The first-order chi connectivity index (χ1) is 15.2. The Hall–Kier alpha value is -2.49. The van der Waals surface area contributed by atoms with Gasteiger partial charge >= 0.3 is 0 Å². The number of amides is 1. The van der Waals surface area contributed by atoms with Gasteiger partial charge < -0.3 is 15.0 Å². The molecule has 9 heteroatoms. The Morgan fingerprint density at radius 2 is 1.84 bits per heavy atom. The summed E-state index contributed by atoms with van der Waals surface area (Å²) in [6.07, 6.45) is 1.73. The minimum atomic E-state index is -3.83. The topological polar surface area (TPSA) is 101 Å².